The van der Waals surface area contributed by atoms with E-state index in [-0.39, 0.29) is 17.3 Å². The monoisotopic (exact) mass is 369 g/mol. The van der Waals surface area contributed by atoms with E-state index >= 15 is 0 Å². The number of benzene rings is 2. The third-order valence-electron chi connectivity index (χ3n) is 4.03. The molecule has 0 spiro atoms. The highest BCUT2D eigenvalue weighted by atomic mass is 16.6. The van der Waals surface area contributed by atoms with Crippen molar-refractivity contribution in [2.45, 2.75) is 25.4 Å². The van der Waals surface area contributed by atoms with E-state index in [9.17, 15) is 19.7 Å². The second-order valence-electron chi connectivity index (χ2n) is 6.25. The van der Waals surface area contributed by atoms with Crippen LogP contribution in [0.2, 0.25) is 0 Å². The third-order valence-corrected chi connectivity index (χ3v) is 4.03. The van der Waals surface area contributed by atoms with Gasteiger partial charge in [-0.3, -0.25) is 14.9 Å². The van der Waals surface area contributed by atoms with Crippen LogP contribution >= 0.6 is 0 Å². The van der Waals surface area contributed by atoms with Crippen molar-refractivity contribution in [1.29, 1.82) is 0 Å². The van der Waals surface area contributed by atoms with E-state index in [4.69, 9.17) is 4.74 Å². The Morgan fingerprint density at radius 1 is 1.15 bits per heavy atom. The average molecular weight is 369 g/mol. The molecule has 3 rings (SSSR count). The summed E-state index contributed by atoms with van der Waals surface area (Å²) >= 11 is 0. The summed E-state index contributed by atoms with van der Waals surface area (Å²) in [5.41, 5.74) is 1.13. The minimum atomic E-state index is -0.786. The molecule has 2 N–H and O–H groups in total. The van der Waals surface area contributed by atoms with E-state index in [1.807, 2.05) is 30.3 Å². The maximum absolute atomic E-state index is 12.1. The Kier molecular flexibility index (Phi) is 5.65. The van der Waals surface area contributed by atoms with Crippen molar-refractivity contribution < 1.29 is 19.2 Å². The highest BCUT2D eigenvalue weighted by Crippen LogP contribution is 2.31. The van der Waals surface area contributed by atoms with Gasteiger partial charge in [-0.15, -0.1) is 0 Å². The fourth-order valence-electron chi connectivity index (χ4n) is 2.44. The van der Waals surface area contributed by atoms with Gasteiger partial charge < -0.3 is 15.4 Å². The summed E-state index contributed by atoms with van der Waals surface area (Å²) in [5, 5.41) is 16.9. The molecule has 1 aliphatic rings. The van der Waals surface area contributed by atoms with Crippen LogP contribution in [-0.4, -0.2) is 29.4 Å². The van der Waals surface area contributed by atoms with E-state index in [0.29, 0.717) is 12.2 Å². The Morgan fingerprint density at radius 3 is 2.56 bits per heavy atom. The quantitative estimate of drug-likeness (QED) is 0.420. The fraction of sp³-hybridized carbons (Fsp3) is 0.263. The number of rotatable bonds is 8. The number of esters is 1. The molecule has 0 bridgehead atoms. The summed E-state index contributed by atoms with van der Waals surface area (Å²) in [6.07, 6.45) is 1.94. The van der Waals surface area contributed by atoms with Crippen LogP contribution in [0.15, 0.2) is 48.5 Å². The van der Waals surface area contributed by atoms with Gasteiger partial charge in [0.05, 0.1) is 10.5 Å². The molecule has 1 amide bonds. The van der Waals surface area contributed by atoms with E-state index in [1.165, 1.54) is 12.1 Å². The zero-order valence-electron chi connectivity index (χ0n) is 14.5. The molecular formula is C19H19N3O5. The molecule has 0 heterocycles. The Balaban J connectivity index is 1.54. The van der Waals surface area contributed by atoms with Gasteiger partial charge >= 0.3 is 5.97 Å². The Labute approximate surface area is 155 Å². The Hall–Kier alpha value is -3.42. The highest BCUT2D eigenvalue weighted by molar-refractivity contribution is 5.93. The molecule has 27 heavy (non-hydrogen) atoms. The molecule has 8 nitrogen and oxygen atoms in total. The number of carbonyl (C=O) groups excluding carboxylic acids is 2. The number of nitro benzene ring substituents is 1. The molecule has 8 heteroatoms. The molecule has 140 valence electrons. The van der Waals surface area contributed by atoms with Gasteiger partial charge in [-0.25, -0.2) is 4.79 Å². The van der Waals surface area contributed by atoms with Crippen LogP contribution < -0.4 is 10.6 Å². The predicted octanol–water partition coefficient (Wildman–Crippen LogP) is 2.64. The van der Waals surface area contributed by atoms with Crippen LogP contribution in [0.4, 0.5) is 11.4 Å². The van der Waals surface area contributed by atoms with Crippen LogP contribution in [-0.2, 0) is 16.1 Å². The van der Waals surface area contributed by atoms with E-state index in [1.54, 1.807) is 0 Å². The topological polar surface area (TPSA) is 111 Å². The minimum absolute atomic E-state index is 0.0268. The predicted molar refractivity (Wildman–Crippen MR) is 98.3 cm³/mol. The summed E-state index contributed by atoms with van der Waals surface area (Å²) in [6.45, 7) is -0.133. The number of nitrogens with one attached hydrogen (secondary N) is 2. The summed E-state index contributed by atoms with van der Waals surface area (Å²) < 4.78 is 4.95. The van der Waals surface area contributed by atoms with Crippen LogP contribution in [0, 0.1) is 10.1 Å². The highest BCUT2D eigenvalue weighted by Gasteiger charge is 2.26. The molecule has 0 saturated heterocycles. The van der Waals surface area contributed by atoms with Crippen LogP contribution in [0.5, 0.6) is 0 Å². The number of carbonyl (C=O) groups is 2. The molecule has 2 aromatic rings. The van der Waals surface area contributed by atoms with Crippen LogP contribution in [0.3, 0.4) is 0 Å². The van der Waals surface area contributed by atoms with Crippen molar-refractivity contribution in [2.24, 2.45) is 0 Å². The first-order valence-corrected chi connectivity index (χ1v) is 8.55. The van der Waals surface area contributed by atoms with Crippen molar-refractivity contribution in [3.63, 3.8) is 0 Å². The van der Waals surface area contributed by atoms with Crippen molar-refractivity contribution >= 4 is 23.3 Å². The molecule has 0 aromatic heterocycles. The number of amides is 1. The summed E-state index contributed by atoms with van der Waals surface area (Å²) in [4.78, 5) is 34.6. The van der Waals surface area contributed by atoms with Crippen LogP contribution in [0.25, 0.3) is 0 Å². The van der Waals surface area contributed by atoms with E-state index < -0.39 is 23.4 Å². The van der Waals surface area contributed by atoms with E-state index in [2.05, 4.69) is 10.6 Å². The third kappa shape index (κ3) is 5.27. The zero-order chi connectivity index (χ0) is 19.2. The molecular weight excluding hydrogens is 350 g/mol. The van der Waals surface area contributed by atoms with Crippen molar-refractivity contribution in [3.8, 4) is 0 Å². The molecule has 2 aromatic carbocycles. The molecule has 1 aliphatic carbocycles. The van der Waals surface area contributed by atoms with Gasteiger partial charge in [-0.1, -0.05) is 30.3 Å². The van der Waals surface area contributed by atoms with Gasteiger partial charge in [-0.2, -0.15) is 0 Å². The number of ether oxygens (including phenoxy) is 1. The maximum atomic E-state index is 12.1. The van der Waals surface area contributed by atoms with Gasteiger partial charge in [0.2, 0.25) is 0 Å². The van der Waals surface area contributed by atoms with Gasteiger partial charge in [0.25, 0.3) is 11.6 Å². The number of hydrogen-bond donors (Lipinski definition) is 2. The number of anilines is 1. The van der Waals surface area contributed by atoms with Gasteiger partial charge in [-0.05, 0) is 30.5 Å². The van der Waals surface area contributed by atoms with Gasteiger partial charge in [0.1, 0.15) is 5.69 Å². The largest absolute Gasteiger partial charge is 0.452 e. The number of nitro groups is 1. The molecule has 1 saturated carbocycles. The molecule has 0 radical (unpaired) electrons. The first-order chi connectivity index (χ1) is 13.0. The first-order valence-electron chi connectivity index (χ1n) is 8.55. The summed E-state index contributed by atoms with van der Waals surface area (Å²) in [6, 6.07) is 13.7. The molecule has 0 unspecified atom stereocenters. The minimum Gasteiger partial charge on any atom is -0.452 e. The lowest BCUT2D eigenvalue weighted by atomic mass is 10.1. The fourth-order valence-corrected chi connectivity index (χ4v) is 2.44. The first kappa shape index (κ1) is 18.4. The molecule has 0 aliphatic heterocycles. The Bertz CT molecular complexity index is 850. The number of nitrogens with zero attached hydrogens (tertiary/aromatic N) is 1. The van der Waals surface area contributed by atoms with Crippen molar-refractivity contribution in [3.05, 3.63) is 69.8 Å². The van der Waals surface area contributed by atoms with Gasteiger partial charge in [0, 0.05) is 18.7 Å². The second-order valence-corrected chi connectivity index (χ2v) is 6.25. The Morgan fingerprint density at radius 2 is 1.89 bits per heavy atom. The lowest BCUT2D eigenvalue weighted by molar-refractivity contribution is -0.384. The van der Waals surface area contributed by atoms with Crippen molar-refractivity contribution in [1.82, 2.24) is 5.32 Å². The number of hydrogen-bond acceptors (Lipinski definition) is 6. The lowest BCUT2D eigenvalue weighted by Gasteiger charge is -2.09. The lowest BCUT2D eigenvalue weighted by Crippen LogP contribution is -2.28. The summed E-state index contributed by atoms with van der Waals surface area (Å²) in [7, 11) is 0. The van der Waals surface area contributed by atoms with Crippen molar-refractivity contribution in [2.75, 3.05) is 11.9 Å². The average Bonchev–Trinajstić information content (AvgIpc) is 3.49. The van der Waals surface area contributed by atoms with E-state index in [0.717, 1.165) is 24.5 Å². The SMILES string of the molecule is O=C(COC(=O)c1ccc(NC2CC2)c([N+](=O)[O-])c1)NCc1ccccc1. The molecule has 1 fully saturated rings. The standard InChI is InChI=1S/C19H19N3O5/c23-18(20-11-13-4-2-1-3-5-13)12-27-19(24)14-6-9-16(21-15-7-8-15)17(10-14)22(25)26/h1-6,9-10,15,21H,7-8,11-12H2,(H,20,23). The normalized spacial score (nSPS) is 12.9. The summed E-state index contributed by atoms with van der Waals surface area (Å²) in [5.74, 6) is -1.24. The van der Waals surface area contributed by atoms with Gasteiger partial charge in [0.15, 0.2) is 6.61 Å². The second kappa shape index (κ2) is 8.31. The van der Waals surface area contributed by atoms with Crippen LogP contribution in [0.1, 0.15) is 28.8 Å². The maximum Gasteiger partial charge on any atom is 0.338 e. The zero-order valence-corrected chi connectivity index (χ0v) is 14.5. The molecule has 0 atom stereocenters. The smallest absolute Gasteiger partial charge is 0.338 e.